The molecule has 7 heteroatoms. The summed E-state index contributed by atoms with van der Waals surface area (Å²) < 4.78 is 13.0. The van der Waals surface area contributed by atoms with E-state index in [1.807, 2.05) is 38.1 Å². The van der Waals surface area contributed by atoms with Crippen LogP contribution in [0.25, 0.3) is 0 Å². The molecule has 0 saturated carbocycles. The Balaban J connectivity index is 2.89. The van der Waals surface area contributed by atoms with Crippen LogP contribution in [0.15, 0.2) is 60.0 Å². The number of hydrogen-bond acceptors (Lipinski definition) is 5. The third kappa shape index (κ3) is 4.58. The molecular formula is C17H21N3O4. The first-order chi connectivity index (χ1) is 11.5. The first-order valence-corrected chi connectivity index (χ1v) is 7.78. The highest BCUT2D eigenvalue weighted by Crippen LogP contribution is 2.15. The second-order valence-corrected chi connectivity index (χ2v) is 5.31. The Morgan fingerprint density at radius 2 is 1.71 bits per heavy atom. The lowest BCUT2D eigenvalue weighted by Crippen LogP contribution is -2.30. The summed E-state index contributed by atoms with van der Waals surface area (Å²) in [6, 6.07) is 9.58. The van der Waals surface area contributed by atoms with Gasteiger partial charge < -0.3 is 9.05 Å². The van der Waals surface area contributed by atoms with Gasteiger partial charge in [-0.15, -0.1) is 0 Å². The second-order valence-electron chi connectivity index (χ2n) is 5.31. The fourth-order valence-corrected chi connectivity index (χ4v) is 2.05. The zero-order valence-corrected chi connectivity index (χ0v) is 14.1. The summed E-state index contributed by atoms with van der Waals surface area (Å²) in [7, 11) is 1.54. The summed E-state index contributed by atoms with van der Waals surface area (Å²) in [5, 5.41) is 0. The van der Waals surface area contributed by atoms with Gasteiger partial charge in [-0.1, -0.05) is 31.5 Å². The molecule has 2 rings (SSSR count). The van der Waals surface area contributed by atoms with Crippen molar-refractivity contribution in [2.24, 2.45) is 12.0 Å². The SMILES string of the molecule is CCCCn1oc(=O)ccc(=O)on(C)c1=Nc1ccccc1C. The van der Waals surface area contributed by atoms with E-state index in [1.165, 1.54) is 9.48 Å². The van der Waals surface area contributed by atoms with Crippen LogP contribution in [0.5, 0.6) is 0 Å². The molecule has 128 valence electrons. The van der Waals surface area contributed by atoms with Gasteiger partial charge in [0.15, 0.2) is 0 Å². The van der Waals surface area contributed by atoms with Crippen LogP contribution in [-0.4, -0.2) is 9.48 Å². The first kappa shape index (κ1) is 17.5. The second kappa shape index (κ2) is 8.14. The molecule has 1 aromatic heterocycles. The van der Waals surface area contributed by atoms with E-state index in [9.17, 15) is 9.59 Å². The van der Waals surface area contributed by atoms with Crippen molar-refractivity contribution in [1.82, 2.24) is 9.48 Å². The number of benzene rings is 1. The van der Waals surface area contributed by atoms with Crippen LogP contribution in [0.4, 0.5) is 5.69 Å². The van der Waals surface area contributed by atoms with Crippen LogP contribution in [0.3, 0.4) is 0 Å². The minimum atomic E-state index is -0.677. The third-order valence-electron chi connectivity index (χ3n) is 3.34. The maximum atomic E-state index is 11.8. The molecular weight excluding hydrogens is 310 g/mol. The Morgan fingerprint density at radius 3 is 2.38 bits per heavy atom. The van der Waals surface area contributed by atoms with Crippen molar-refractivity contribution < 1.29 is 9.05 Å². The van der Waals surface area contributed by atoms with Gasteiger partial charge in [0.2, 0.25) is 0 Å². The molecule has 0 amide bonds. The lowest BCUT2D eigenvalue weighted by molar-refractivity contribution is 0.174. The number of para-hydroxylation sites is 1. The molecule has 0 aliphatic heterocycles. The van der Waals surface area contributed by atoms with Gasteiger partial charge in [0.05, 0.1) is 12.2 Å². The van der Waals surface area contributed by atoms with Gasteiger partial charge in [-0.2, -0.15) is 9.48 Å². The quantitative estimate of drug-likeness (QED) is 0.860. The molecule has 0 bridgehead atoms. The highest BCUT2D eigenvalue weighted by Gasteiger charge is 2.02. The van der Waals surface area contributed by atoms with E-state index >= 15 is 0 Å². The third-order valence-corrected chi connectivity index (χ3v) is 3.34. The largest absolute Gasteiger partial charge is 0.356 e. The number of aryl methyl sites for hydroxylation is 3. The van der Waals surface area contributed by atoms with E-state index in [-0.39, 0.29) is 5.62 Å². The molecule has 0 radical (unpaired) electrons. The minimum absolute atomic E-state index is 0.225. The zero-order valence-electron chi connectivity index (χ0n) is 14.1. The van der Waals surface area contributed by atoms with E-state index in [0.29, 0.717) is 12.2 Å². The molecule has 0 N–H and O–H groups in total. The molecule has 0 spiro atoms. The molecule has 24 heavy (non-hydrogen) atoms. The Hall–Kier alpha value is -2.83. The Kier molecular flexibility index (Phi) is 5.95. The van der Waals surface area contributed by atoms with Crippen molar-refractivity contribution in [2.45, 2.75) is 33.2 Å². The van der Waals surface area contributed by atoms with Crippen molar-refractivity contribution in [3.05, 3.63) is 68.4 Å². The molecule has 0 saturated heterocycles. The summed E-state index contributed by atoms with van der Waals surface area (Å²) >= 11 is 0. The number of unbranched alkanes of at least 4 members (excludes halogenated alkanes) is 1. The normalized spacial score (nSPS) is 11.4. The average Bonchev–Trinajstić information content (AvgIpc) is 2.59. The topological polar surface area (TPSA) is 82.6 Å². The van der Waals surface area contributed by atoms with Gasteiger partial charge in [-0.05, 0) is 25.0 Å². The lowest BCUT2D eigenvalue weighted by Gasteiger charge is -2.05. The van der Waals surface area contributed by atoms with Crippen LogP contribution in [0.2, 0.25) is 0 Å². The summed E-state index contributed by atoms with van der Waals surface area (Å²) in [6.45, 7) is 4.38. The maximum absolute atomic E-state index is 11.8. The number of rotatable bonds is 4. The predicted octanol–water partition coefficient (Wildman–Crippen LogP) is 2.20. The van der Waals surface area contributed by atoms with Crippen molar-refractivity contribution in [3.63, 3.8) is 0 Å². The van der Waals surface area contributed by atoms with Crippen LogP contribution in [0.1, 0.15) is 25.3 Å². The number of aromatic nitrogens is 2. The summed E-state index contributed by atoms with van der Waals surface area (Å²) in [4.78, 5) is 28.1. The van der Waals surface area contributed by atoms with Gasteiger partial charge >= 0.3 is 11.3 Å². The molecule has 1 aromatic carbocycles. The molecule has 0 fully saturated rings. The van der Waals surface area contributed by atoms with E-state index < -0.39 is 11.3 Å². The van der Waals surface area contributed by atoms with Crippen molar-refractivity contribution in [3.8, 4) is 0 Å². The fraction of sp³-hybridized carbons (Fsp3) is 0.353. The highest BCUT2D eigenvalue weighted by atomic mass is 16.5. The summed E-state index contributed by atoms with van der Waals surface area (Å²) in [5.74, 6) is 0. The predicted molar refractivity (Wildman–Crippen MR) is 89.4 cm³/mol. The van der Waals surface area contributed by atoms with Crippen LogP contribution in [-0.2, 0) is 13.6 Å². The Labute approximate surface area is 138 Å². The Bertz CT molecular complexity index is 930. The minimum Gasteiger partial charge on any atom is -0.333 e. The van der Waals surface area contributed by atoms with Gasteiger partial charge in [0.25, 0.3) is 5.62 Å². The molecule has 2 aromatic rings. The zero-order chi connectivity index (χ0) is 17.5. The van der Waals surface area contributed by atoms with Gasteiger partial charge in [-0.25, -0.2) is 14.6 Å². The standard InChI is InChI=1S/C17H21N3O4/c1-4-5-12-20-17(18-14-9-7-6-8-13(14)2)19(3)23-15(21)10-11-16(22)24-20/h6-11H,4-5,12H2,1-3H3. The van der Waals surface area contributed by atoms with Gasteiger partial charge in [0.1, 0.15) is 0 Å². The van der Waals surface area contributed by atoms with Crippen LogP contribution < -0.4 is 16.9 Å². The monoisotopic (exact) mass is 331 g/mol. The van der Waals surface area contributed by atoms with Crippen LogP contribution in [0, 0.1) is 6.92 Å². The highest BCUT2D eigenvalue weighted by molar-refractivity contribution is 5.44. The lowest BCUT2D eigenvalue weighted by atomic mass is 10.2. The number of nitrogens with zero attached hydrogens (tertiary/aromatic N) is 3. The average molecular weight is 331 g/mol. The number of hydrogen-bond donors (Lipinski definition) is 0. The fourth-order valence-electron chi connectivity index (χ4n) is 2.05. The molecule has 0 atom stereocenters. The smallest absolute Gasteiger partial charge is 0.333 e. The molecule has 0 unspecified atom stereocenters. The van der Waals surface area contributed by atoms with Crippen LogP contribution >= 0.6 is 0 Å². The van der Waals surface area contributed by atoms with E-state index in [1.54, 1.807) is 7.05 Å². The first-order valence-electron chi connectivity index (χ1n) is 7.78. The molecule has 0 aliphatic rings. The maximum Gasteiger partial charge on any atom is 0.356 e. The van der Waals surface area contributed by atoms with Crippen molar-refractivity contribution in [2.75, 3.05) is 0 Å². The Morgan fingerprint density at radius 1 is 1.04 bits per heavy atom. The molecule has 1 heterocycles. The van der Waals surface area contributed by atoms with Crippen molar-refractivity contribution in [1.29, 1.82) is 0 Å². The van der Waals surface area contributed by atoms with E-state index in [4.69, 9.17) is 9.05 Å². The van der Waals surface area contributed by atoms with Gasteiger partial charge in [0, 0.05) is 19.2 Å². The van der Waals surface area contributed by atoms with Gasteiger partial charge in [-0.3, -0.25) is 0 Å². The van der Waals surface area contributed by atoms with Crippen molar-refractivity contribution >= 4 is 5.69 Å². The van der Waals surface area contributed by atoms with E-state index in [2.05, 4.69) is 4.99 Å². The molecule has 7 nitrogen and oxygen atoms in total. The summed E-state index contributed by atoms with van der Waals surface area (Å²) in [5.41, 5.74) is 0.535. The molecule has 0 aliphatic carbocycles. The van der Waals surface area contributed by atoms with E-state index in [0.717, 1.165) is 30.5 Å². The summed E-state index contributed by atoms with van der Waals surface area (Å²) in [6.07, 6.45) is 1.69.